The maximum Gasteiger partial charge on any atom is 0.191 e. The summed E-state index contributed by atoms with van der Waals surface area (Å²) in [6, 6.07) is 14.9. The second-order valence-electron chi connectivity index (χ2n) is 7.61. The first-order valence-electron chi connectivity index (χ1n) is 10.3. The molecule has 0 bridgehead atoms. The lowest BCUT2D eigenvalue weighted by molar-refractivity contribution is 0.239. The van der Waals surface area contributed by atoms with E-state index in [9.17, 15) is 0 Å². The normalized spacial score (nSPS) is 11.6. The molecule has 158 valence electrons. The maximum atomic E-state index is 5.96. The Kier molecular flexibility index (Phi) is 7.49. The van der Waals surface area contributed by atoms with Gasteiger partial charge in [-0.1, -0.05) is 36.4 Å². The Morgan fingerprint density at radius 3 is 2.47 bits per heavy atom. The highest BCUT2D eigenvalue weighted by molar-refractivity contribution is 5.79. The molecule has 0 radical (unpaired) electrons. The molecule has 6 nitrogen and oxygen atoms in total. The van der Waals surface area contributed by atoms with Crippen molar-refractivity contribution in [1.29, 1.82) is 0 Å². The van der Waals surface area contributed by atoms with Crippen molar-refractivity contribution in [1.82, 2.24) is 20.2 Å². The van der Waals surface area contributed by atoms with Crippen LogP contribution >= 0.6 is 0 Å². The Balaban J connectivity index is 1.53. The van der Waals surface area contributed by atoms with E-state index in [4.69, 9.17) is 4.74 Å². The second kappa shape index (κ2) is 10.5. The summed E-state index contributed by atoms with van der Waals surface area (Å²) < 4.78 is 8.02. The topological polar surface area (TPSA) is 63.5 Å². The van der Waals surface area contributed by atoms with Crippen molar-refractivity contribution in [2.75, 3.05) is 7.05 Å². The highest BCUT2D eigenvalue weighted by Gasteiger charge is 2.07. The largest absolute Gasteiger partial charge is 0.491 e. The van der Waals surface area contributed by atoms with Gasteiger partial charge in [0.05, 0.1) is 12.4 Å². The lowest BCUT2D eigenvalue weighted by Crippen LogP contribution is -2.36. The fourth-order valence-electron chi connectivity index (χ4n) is 3.11. The molecule has 1 heterocycles. The minimum Gasteiger partial charge on any atom is -0.491 e. The molecule has 0 aliphatic carbocycles. The van der Waals surface area contributed by atoms with Gasteiger partial charge in [0.1, 0.15) is 5.75 Å². The third kappa shape index (κ3) is 6.37. The fraction of sp³-hybridized carbons (Fsp3) is 0.333. The van der Waals surface area contributed by atoms with Gasteiger partial charge >= 0.3 is 0 Å². The van der Waals surface area contributed by atoms with Gasteiger partial charge < -0.3 is 19.9 Å². The van der Waals surface area contributed by atoms with Gasteiger partial charge in [-0.05, 0) is 43.5 Å². The molecule has 3 aromatic rings. The Labute approximate surface area is 179 Å². The number of hydrogen-bond donors (Lipinski definition) is 2. The summed E-state index contributed by atoms with van der Waals surface area (Å²) in [6.07, 6.45) is 5.73. The second-order valence-corrected chi connectivity index (χ2v) is 7.61. The molecule has 0 saturated carbocycles. The molecule has 6 heteroatoms. The smallest absolute Gasteiger partial charge is 0.191 e. The number of ether oxygens (including phenoxy) is 1. The van der Waals surface area contributed by atoms with Crippen LogP contribution in [0.3, 0.4) is 0 Å². The van der Waals surface area contributed by atoms with Crippen molar-refractivity contribution in [2.24, 2.45) is 4.99 Å². The van der Waals surface area contributed by atoms with E-state index in [1.165, 1.54) is 16.7 Å². The number of hydrogen-bond acceptors (Lipinski definition) is 3. The minimum atomic E-state index is 0.139. The predicted octanol–water partition coefficient (Wildman–Crippen LogP) is 3.89. The average molecular weight is 406 g/mol. The first-order valence-corrected chi connectivity index (χ1v) is 10.3. The monoisotopic (exact) mass is 405 g/mol. The van der Waals surface area contributed by atoms with Gasteiger partial charge in [0.2, 0.25) is 0 Å². The van der Waals surface area contributed by atoms with E-state index >= 15 is 0 Å². The van der Waals surface area contributed by atoms with Crippen LogP contribution in [-0.2, 0) is 19.6 Å². The number of nitrogens with zero attached hydrogens (tertiary/aromatic N) is 3. The molecule has 30 heavy (non-hydrogen) atoms. The van der Waals surface area contributed by atoms with Crippen LogP contribution in [0, 0.1) is 6.92 Å². The number of rotatable bonds is 8. The van der Waals surface area contributed by atoms with Crippen molar-refractivity contribution >= 4 is 5.96 Å². The summed E-state index contributed by atoms with van der Waals surface area (Å²) in [4.78, 5) is 8.42. The van der Waals surface area contributed by atoms with Crippen molar-refractivity contribution in [2.45, 2.75) is 46.5 Å². The highest BCUT2D eigenvalue weighted by atomic mass is 16.5. The summed E-state index contributed by atoms with van der Waals surface area (Å²) >= 11 is 0. The van der Waals surface area contributed by atoms with E-state index in [1.807, 2.05) is 26.4 Å². The van der Waals surface area contributed by atoms with Crippen molar-refractivity contribution < 1.29 is 4.74 Å². The third-order valence-corrected chi connectivity index (χ3v) is 4.66. The first kappa shape index (κ1) is 21.4. The number of aliphatic imine (C=N–C) groups is 1. The predicted molar refractivity (Wildman–Crippen MR) is 122 cm³/mol. The number of aryl methyl sites for hydroxylation is 1. The average Bonchev–Trinajstić information content (AvgIpc) is 3.23. The molecule has 0 spiro atoms. The van der Waals surface area contributed by atoms with Gasteiger partial charge in [0, 0.05) is 44.6 Å². The Hall–Kier alpha value is -3.28. The number of benzene rings is 2. The van der Waals surface area contributed by atoms with Crippen molar-refractivity contribution in [3.63, 3.8) is 0 Å². The maximum absolute atomic E-state index is 5.96. The first-order chi connectivity index (χ1) is 14.5. The van der Waals surface area contributed by atoms with E-state index in [-0.39, 0.29) is 6.10 Å². The highest BCUT2D eigenvalue weighted by Crippen LogP contribution is 2.21. The molecule has 0 saturated heterocycles. The van der Waals surface area contributed by atoms with E-state index in [1.54, 1.807) is 13.2 Å². The van der Waals surface area contributed by atoms with Gasteiger partial charge in [-0.15, -0.1) is 0 Å². The van der Waals surface area contributed by atoms with Gasteiger partial charge in [-0.2, -0.15) is 0 Å². The molecular weight excluding hydrogens is 374 g/mol. The quantitative estimate of drug-likeness (QED) is 0.441. The van der Waals surface area contributed by atoms with Crippen molar-refractivity contribution in [3.05, 3.63) is 83.4 Å². The molecule has 0 aliphatic rings. The molecule has 3 rings (SSSR count). The summed E-state index contributed by atoms with van der Waals surface area (Å²) in [5.41, 5.74) is 4.75. The van der Waals surface area contributed by atoms with E-state index in [0.717, 1.165) is 23.8 Å². The molecule has 0 unspecified atom stereocenters. The SMILES string of the molecule is CN=C(NCc1ccc(Cn2ccnc2)cc1)NCc1ccc(C)cc1OC(C)C. The van der Waals surface area contributed by atoms with Crippen LogP contribution in [0.4, 0.5) is 0 Å². The zero-order valence-electron chi connectivity index (χ0n) is 18.2. The van der Waals surface area contributed by atoms with Gasteiger partial charge in [0.25, 0.3) is 0 Å². The van der Waals surface area contributed by atoms with E-state index < -0.39 is 0 Å². The fourth-order valence-corrected chi connectivity index (χ4v) is 3.11. The Morgan fingerprint density at radius 1 is 1.07 bits per heavy atom. The lowest BCUT2D eigenvalue weighted by Gasteiger charge is -2.17. The molecule has 2 N–H and O–H groups in total. The Morgan fingerprint density at radius 2 is 1.80 bits per heavy atom. The molecule has 0 atom stereocenters. The van der Waals surface area contributed by atoms with Gasteiger partial charge in [-0.25, -0.2) is 4.98 Å². The zero-order chi connectivity index (χ0) is 21.3. The Bertz CT molecular complexity index is 946. The number of nitrogens with one attached hydrogen (secondary N) is 2. The van der Waals surface area contributed by atoms with Gasteiger partial charge in [-0.3, -0.25) is 4.99 Å². The lowest BCUT2D eigenvalue weighted by atomic mass is 10.1. The zero-order valence-corrected chi connectivity index (χ0v) is 18.2. The summed E-state index contributed by atoms with van der Waals surface area (Å²) in [5.74, 6) is 1.68. The van der Waals surface area contributed by atoms with Crippen molar-refractivity contribution in [3.8, 4) is 5.75 Å². The van der Waals surface area contributed by atoms with Crippen LogP contribution in [0.15, 0.2) is 66.2 Å². The third-order valence-electron chi connectivity index (χ3n) is 4.66. The molecule has 1 aromatic heterocycles. The standard InChI is InChI=1S/C24H31N5O/c1-18(2)30-23-13-19(3)5-10-22(23)15-28-24(25-4)27-14-20-6-8-21(9-7-20)16-29-12-11-26-17-29/h5-13,17-18H,14-16H2,1-4H3,(H2,25,27,28). The number of guanidine groups is 1. The van der Waals surface area contributed by atoms with Gasteiger partial charge in [0.15, 0.2) is 5.96 Å². The van der Waals surface area contributed by atoms with Crippen LogP contribution in [0.2, 0.25) is 0 Å². The molecule has 0 fully saturated rings. The number of aromatic nitrogens is 2. The van der Waals surface area contributed by atoms with E-state index in [0.29, 0.717) is 13.1 Å². The van der Waals surface area contributed by atoms with Crippen LogP contribution in [0.1, 0.15) is 36.1 Å². The van der Waals surface area contributed by atoms with E-state index in [2.05, 4.69) is 74.6 Å². The molecule has 0 amide bonds. The summed E-state index contributed by atoms with van der Waals surface area (Å²) in [5, 5.41) is 6.75. The van der Waals surface area contributed by atoms with Crippen LogP contribution in [-0.4, -0.2) is 28.7 Å². The van der Waals surface area contributed by atoms with Crippen LogP contribution < -0.4 is 15.4 Å². The van der Waals surface area contributed by atoms with Crippen LogP contribution in [0.25, 0.3) is 0 Å². The van der Waals surface area contributed by atoms with Crippen LogP contribution in [0.5, 0.6) is 5.75 Å². The summed E-state index contributed by atoms with van der Waals surface area (Å²) in [7, 11) is 1.78. The molecule has 0 aliphatic heterocycles. The summed E-state index contributed by atoms with van der Waals surface area (Å²) in [6.45, 7) is 8.33. The molecular formula is C24H31N5O. The number of imidazole rings is 1. The molecule has 2 aromatic carbocycles. The minimum absolute atomic E-state index is 0.139.